The van der Waals surface area contributed by atoms with Crippen molar-refractivity contribution in [3.63, 3.8) is 0 Å². The van der Waals surface area contributed by atoms with E-state index in [2.05, 4.69) is 16.1 Å². The fraction of sp³-hybridized carbons (Fsp3) is 0.636. The van der Waals surface area contributed by atoms with Crippen molar-refractivity contribution in [3.8, 4) is 12.3 Å². The first-order chi connectivity index (χ1) is 7.60. The predicted octanol–water partition coefficient (Wildman–Crippen LogP) is 0.0865. The maximum Gasteiger partial charge on any atom is 0.324 e. The second kappa shape index (κ2) is 3.80. The summed E-state index contributed by atoms with van der Waals surface area (Å²) in [5, 5.41) is 10.5. The van der Waals surface area contributed by atoms with Crippen molar-refractivity contribution in [1.82, 2.24) is 15.1 Å². The number of carbonyl (C=O) groups is 1. The van der Waals surface area contributed by atoms with Crippen LogP contribution in [0.2, 0.25) is 0 Å². The highest BCUT2D eigenvalue weighted by Crippen LogP contribution is 2.32. The molecule has 5 heteroatoms. The van der Waals surface area contributed by atoms with Crippen molar-refractivity contribution in [2.24, 2.45) is 0 Å². The molecule has 2 heterocycles. The van der Waals surface area contributed by atoms with Gasteiger partial charge in [0.15, 0.2) is 0 Å². The van der Waals surface area contributed by atoms with Crippen molar-refractivity contribution in [2.45, 2.75) is 18.4 Å². The molecule has 2 rings (SSSR count). The van der Waals surface area contributed by atoms with Crippen LogP contribution in [-0.2, 0) is 0 Å². The van der Waals surface area contributed by atoms with Gasteiger partial charge in [-0.05, 0) is 19.9 Å². The van der Waals surface area contributed by atoms with Gasteiger partial charge in [0.25, 0.3) is 0 Å². The summed E-state index contributed by atoms with van der Waals surface area (Å²) in [6, 6.07) is -0.229. The van der Waals surface area contributed by atoms with Gasteiger partial charge in [-0.2, -0.15) is 0 Å². The van der Waals surface area contributed by atoms with Crippen molar-refractivity contribution in [1.29, 1.82) is 5.41 Å². The van der Waals surface area contributed by atoms with Crippen LogP contribution in [0.25, 0.3) is 0 Å². The van der Waals surface area contributed by atoms with Crippen LogP contribution >= 0.6 is 0 Å². The summed E-state index contributed by atoms with van der Waals surface area (Å²) in [5.74, 6) is 2.80. The summed E-state index contributed by atoms with van der Waals surface area (Å²) in [7, 11) is 2.05. The Hall–Kier alpha value is -1.54. The van der Waals surface area contributed by atoms with E-state index >= 15 is 0 Å². The zero-order valence-corrected chi connectivity index (χ0v) is 9.42. The number of nitrogens with zero attached hydrogens (tertiary/aromatic N) is 2. The average molecular weight is 220 g/mol. The Labute approximate surface area is 95.3 Å². The van der Waals surface area contributed by atoms with Crippen LogP contribution in [0.1, 0.15) is 12.8 Å². The number of terminal acetylenes is 1. The van der Waals surface area contributed by atoms with Gasteiger partial charge in [0.05, 0.1) is 6.54 Å². The molecule has 2 N–H and O–H groups in total. The first kappa shape index (κ1) is 11.0. The van der Waals surface area contributed by atoms with E-state index in [4.69, 9.17) is 11.8 Å². The van der Waals surface area contributed by atoms with E-state index in [0.29, 0.717) is 5.84 Å². The van der Waals surface area contributed by atoms with Gasteiger partial charge < -0.3 is 9.80 Å². The zero-order valence-electron chi connectivity index (χ0n) is 9.42. The molecule has 0 atom stereocenters. The van der Waals surface area contributed by atoms with E-state index in [-0.39, 0.29) is 12.6 Å². The van der Waals surface area contributed by atoms with E-state index in [1.165, 1.54) is 0 Å². The third-order valence-corrected chi connectivity index (χ3v) is 3.52. The van der Waals surface area contributed by atoms with Gasteiger partial charge >= 0.3 is 6.03 Å². The van der Waals surface area contributed by atoms with Gasteiger partial charge in [-0.3, -0.25) is 10.7 Å². The minimum atomic E-state index is -0.476. The molecule has 2 amide bonds. The third-order valence-electron chi connectivity index (χ3n) is 3.52. The molecule has 2 fully saturated rings. The zero-order chi connectivity index (χ0) is 11.8. The number of hydrogen-bond acceptors (Lipinski definition) is 3. The number of carbonyl (C=O) groups excluding carboxylic acids is 1. The molecule has 0 aromatic carbocycles. The van der Waals surface area contributed by atoms with Crippen LogP contribution in [0.15, 0.2) is 0 Å². The predicted molar refractivity (Wildman–Crippen MR) is 61.3 cm³/mol. The van der Waals surface area contributed by atoms with Crippen LogP contribution in [-0.4, -0.2) is 53.9 Å². The Morgan fingerprint density at radius 1 is 1.56 bits per heavy atom. The van der Waals surface area contributed by atoms with E-state index < -0.39 is 5.54 Å². The van der Waals surface area contributed by atoms with Gasteiger partial charge in [0.1, 0.15) is 11.4 Å². The summed E-state index contributed by atoms with van der Waals surface area (Å²) in [6.07, 6.45) is 6.84. The minimum absolute atomic E-state index is 0.229. The Kier molecular flexibility index (Phi) is 2.60. The first-order valence-electron chi connectivity index (χ1n) is 5.40. The third kappa shape index (κ3) is 1.46. The van der Waals surface area contributed by atoms with Crippen molar-refractivity contribution >= 4 is 11.9 Å². The van der Waals surface area contributed by atoms with Crippen molar-refractivity contribution in [3.05, 3.63) is 0 Å². The van der Waals surface area contributed by atoms with Gasteiger partial charge in [0, 0.05) is 13.1 Å². The average Bonchev–Trinajstić information content (AvgIpc) is 2.48. The number of hydrogen-bond donors (Lipinski definition) is 2. The molecular weight excluding hydrogens is 204 g/mol. The maximum atomic E-state index is 11.7. The summed E-state index contributed by atoms with van der Waals surface area (Å²) in [4.78, 5) is 15.5. The topological polar surface area (TPSA) is 59.4 Å². The molecule has 2 aliphatic rings. The van der Waals surface area contributed by atoms with Gasteiger partial charge in [0.2, 0.25) is 0 Å². The van der Waals surface area contributed by atoms with Gasteiger partial charge in [-0.15, -0.1) is 6.42 Å². The molecule has 0 aromatic rings. The number of urea groups is 1. The normalized spacial score (nSPS) is 24.6. The number of nitrogens with one attached hydrogen (secondary N) is 2. The molecule has 0 radical (unpaired) electrons. The molecule has 1 spiro atoms. The summed E-state index contributed by atoms with van der Waals surface area (Å²) in [6.45, 7) is 2.05. The molecule has 0 aliphatic carbocycles. The fourth-order valence-electron chi connectivity index (χ4n) is 2.44. The second-order valence-corrected chi connectivity index (χ2v) is 4.43. The number of amidine groups is 1. The molecule has 86 valence electrons. The Balaban J connectivity index is 2.26. The first-order valence-corrected chi connectivity index (χ1v) is 5.40. The second-order valence-electron chi connectivity index (χ2n) is 4.43. The highest BCUT2D eigenvalue weighted by atomic mass is 16.2. The minimum Gasteiger partial charge on any atom is -0.306 e. The molecule has 0 unspecified atom stereocenters. The lowest BCUT2D eigenvalue weighted by atomic mass is 9.86. The Morgan fingerprint density at radius 2 is 2.19 bits per heavy atom. The van der Waals surface area contributed by atoms with E-state index in [9.17, 15) is 4.79 Å². The summed E-state index contributed by atoms with van der Waals surface area (Å²) < 4.78 is 0. The largest absolute Gasteiger partial charge is 0.324 e. The molecule has 2 saturated heterocycles. The van der Waals surface area contributed by atoms with E-state index in [0.717, 1.165) is 25.9 Å². The van der Waals surface area contributed by atoms with Crippen LogP contribution in [0.3, 0.4) is 0 Å². The van der Waals surface area contributed by atoms with E-state index in [1.807, 2.05) is 7.05 Å². The maximum absolute atomic E-state index is 11.7. The lowest BCUT2D eigenvalue weighted by Crippen LogP contribution is -2.55. The standard InChI is InChI=1S/C11H16N4O/c1-3-6-15-10(16)13-9(12)11(15)4-7-14(2)8-5-11/h1H,4-8H2,2H3,(H2,12,13,16). The number of rotatable bonds is 1. The van der Waals surface area contributed by atoms with Crippen molar-refractivity contribution < 1.29 is 4.79 Å². The molecule has 5 nitrogen and oxygen atoms in total. The Bertz CT molecular complexity index is 363. The van der Waals surface area contributed by atoms with Gasteiger partial charge in [-0.25, -0.2) is 4.79 Å². The molecule has 16 heavy (non-hydrogen) atoms. The highest BCUT2D eigenvalue weighted by molar-refractivity contribution is 6.08. The van der Waals surface area contributed by atoms with Crippen LogP contribution in [0, 0.1) is 17.8 Å². The highest BCUT2D eigenvalue weighted by Gasteiger charge is 2.50. The molecular formula is C11H16N4O. The summed E-state index contributed by atoms with van der Waals surface area (Å²) in [5.41, 5.74) is -0.476. The summed E-state index contributed by atoms with van der Waals surface area (Å²) >= 11 is 0. The fourth-order valence-corrected chi connectivity index (χ4v) is 2.44. The van der Waals surface area contributed by atoms with Crippen molar-refractivity contribution in [2.75, 3.05) is 26.7 Å². The molecule has 0 saturated carbocycles. The molecule has 0 aromatic heterocycles. The smallest absolute Gasteiger partial charge is 0.306 e. The van der Waals surface area contributed by atoms with Crippen LogP contribution < -0.4 is 5.32 Å². The van der Waals surface area contributed by atoms with E-state index in [1.54, 1.807) is 4.90 Å². The SMILES string of the molecule is C#CCN1C(=O)NC(=N)C12CCN(C)CC2. The van der Waals surface area contributed by atoms with Gasteiger partial charge in [-0.1, -0.05) is 5.92 Å². The molecule has 2 aliphatic heterocycles. The monoisotopic (exact) mass is 220 g/mol. The Morgan fingerprint density at radius 3 is 2.75 bits per heavy atom. The number of amides is 2. The number of piperidine rings is 1. The van der Waals surface area contributed by atoms with Crippen LogP contribution in [0.4, 0.5) is 4.79 Å². The lowest BCUT2D eigenvalue weighted by Gasteiger charge is -2.41. The lowest BCUT2D eigenvalue weighted by molar-refractivity contribution is 0.124. The number of likely N-dealkylation sites (tertiary alicyclic amines) is 1. The molecule has 0 bridgehead atoms. The van der Waals surface area contributed by atoms with Crippen LogP contribution in [0.5, 0.6) is 0 Å². The quantitative estimate of drug-likeness (QED) is 0.615.